The molecule has 4 aliphatic carbocycles. The van der Waals surface area contributed by atoms with Crippen LogP contribution in [0.4, 0.5) is 0 Å². The van der Waals surface area contributed by atoms with Crippen LogP contribution in [0.3, 0.4) is 0 Å². The fourth-order valence-electron chi connectivity index (χ4n) is 6.23. The second-order valence-corrected chi connectivity index (χ2v) is 8.43. The summed E-state index contributed by atoms with van der Waals surface area (Å²) in [5, 5.41) is 10.4. The minimum atomic E-state index is -0.411. The lowest BCUT2D eigenvalue weighted by Gasteiger charge is -2.55. The van der Waals surface area contributed by atoms with Gasteiger partial charge in [-0.1, -0.05) is 12.5 Å². The average Bonchev–Trinajstić information content (AvgIpc) is 2.78. The SMILES string of the molecule is C[C@]12C(=O)CCCC1=CC(=O)[C@@H]1[C@H]2CC[C@]2(C)C(O)CC[C@@H]12. The van der Waals surface area contributed by atoms with Gasteiger partial charge in [-0.15, -0.1) is 0 Å². The Bertz CT molecular complexity index is 577. The minimum absolute atomic E-state index is 0.0494. The molecule has 0 spiro atoms. The fraction of sp³-hybridized carbons (Fsp3) is 0.789. The highest BCUT2D eigenvalue weighted by atomic mass is 16.3. The maximum Gasteiger partial charge on any atom is 0.159 e. The molecule has 0 aliphatic heterocycles. The summed E-state index contributed by atoms with van der Waals surface area (Å²) >= 11 is 0. The van der Waals surface area contributed by atoms with E-state index in [2.05, 4.69) is 13.8 Å². The summed E-state index contributed by atoms with van der Waals surface area (Å²) in [5.74, 6) is 0.938. The van der Waals surface area contributed by atoms with Crippen molar-refractivity contribution >= 4 is 11.6 Å². The third-order valence-corrected chi connectivity index (χ3v) is 7.70. The molecule has 0 aromatic carbocycles. The first-order valence-electron chi connectivity index (χ1n) is 8.85. The van der Waals surface area contributed by atoms with E-state index in [1.54, 1.807) is 0 Å². The molecule has 6 atom stereocenters. The maximum absolute atomic E-state index is 12.9. The van der Waals surface area contributed by atoms with Crippen LogP contribution in [0.2, 0.25) is 0 Å². The van der Waals surface area contributed by atoms with Gasteiger partial charge in [0.1, 0.15) is 5.78 Å². The quantitative estimate of drug-likeness (QED) is 0.748. The maximum atomic E-state index is 12.9. The Morgan fingerprint density at radius 3 is 2.64 bits per heavy atom. The second-order valence-electron chi connectivity index (χ2n) is 8.43. The number of allylic oxidation sites excluding steroid dienone is 2. The van der Waals surface area contributed by atoms with Crippen LogP contribution >= 0.6 is 0 Å². The Labute approximate surface area is 132 Å². The summed E-state index contributed by atoms with van der Waals surface area (Å²) in [7, 11) is 0. The average molecular weight is 302 g/mol. The van der Waals surface area contributed by atoms with Crippen molar-refractivity contribution in [2.75, 3.05) is 0 Å². The van der Waals surface area contributed by atoms with Crippen LogP contribution < -0.4 is 0 Å². The summed E-state index contributed by atoms with van der Waals surface area (Å²) in [6.45, 7) is 4.25. The van der Waals surface area contributed by atoms with Gasteiger partial charge in [-0.3, -0.25) is 9.59 Å². The van der Waals surface area contributed by atoms with Gasteiger partial charge < -0.3 is 5.11 Å². The van der Waals surface area contributed by atoms with E-state index in [0.29, 0.717) is 12.2 Å². The number of hydrogen-bond acceptors (Lipinski definition) is 3. The molecule has 1 unspecified atom stereocenters. The molecule has 0 amide bonds. The molecule has 120 valence electrons. The van der Waals surface area contributed by atoms with Crippen LogP contribution in [-0.4, -0.2) is 22.8 Å². The fourth-order valence-corrected chi connectivity index (χ4v) is 6.23. The van der Waals surface area contributed by atoms with E-state index < -0.39 is 5.41 Å². The zero-order valence-corrected chi connectivity index (χ0v) is 13.6. The van der Waals surface area contributed by atoms with E-state index in [1.165, 1.54) is 0 Å². The van der Waals surface area contributed by atoms with Gasteiger partial charge >= 0.3 is 0 Å². The zero-order chi connectivity index (χ0) is 15.7. The zero-order valence-electron chi connectivity index (χ0n) is 13.6. The lowest BCUT2D eigenvalue weighted by Crippen LogP contribution is -2.55. The summed E-state index contributed by atoms with van der Waals surface area (Å²) < 4.78 is 0. The van der Waals surface area contributed by atoms with Gasteiger partial charge in [-0.05, 0) is 68.8 Å². The lowest BCUT2D eigenvalue weighted by atomic mass is 9.47. The van der Waals surface area contributed by atoms with Crippen molar-refractivity contribution in [1.82, 2.24) is 0 Å². The summed E-state index contributed by atoms with van der Waals surface area (Å²) in [5.41, 5.74) is 0.555. The van der Waals surface area contributed by atoms with Crippen molar-refractivity contribution in [3.63, 3.8) is 0 Å². The third kappa shape index (κ3) is 1.61. The molecule has 4 aliphatic rings. The van der Waals surface area contributed by atoms with Gasteiger partial charge in [-0.2, -0.15) is 0 Å². The second kappa shape index (κ2) is 4.53. The Morgan fingerprint density at radius 2 is 1.86 bits per heavy atom. The molecule has 0 radical (unpaired) electrons. The Kier molecular flexibility index (Phi) is 3.01. The first-order chi connectivity index (χ1) is 10.4. The number of aliphatic hydroxyl groups excluding tert-OH is 1. The highest BCUT2D eigenvalue weighted by Gasteiger charge is 2.62. The first-order valence-corrected chi connectivity index (χ1v) is 8.85. The van der Waals surface area contributed by atoms with E-state index in [-0.39, 0.29) is 35.1 Å². The number of fused-ring (bicyclic) bond motifs is 5. The highest BCUT2D eigenvalue weighted by molar-refractivity contribution is 6.00. The number of Topliss-reactive ketones (excluding diaryl/α,β-unsaturated/α-hetero) is 1. The van der Waals surface area contributed by atoms with Crippen molar-refractivity contribution in [3.8, 4) is 0 Å². The van der Waals surface area contributed by atoms with Crippen LogP contribution in [0.15, 0.2) is 11.6 Å². The van der Waals surface area contributed by atoms with E-state index in [4.69, 9.17) is 0 Å². The smallest absolute Gasteiger partial charge is 0.159 e. The van der Waals surface area contributed by atoms with Gasteiger partial charge in [0.25, 0.3) is 0 Å². The molecule has 1 N–H and O–H groups in total. The largest absolute Gasteiger partial charge is 0.393 e. The highest BCUT2D eigenvalue weighted by Crippen LogP contribution is 2.63. The van der Waals surface area contributed by atoms with Crippen molar-refractivity contribution in [1.29, 1.82) is 0 Å². The molecule has 0 heterocycles. The molecule has 22 heavy (non-hydrogen) atoms. The van der Waals surface area contributed by atoms with Crippen LogP contribution in [0.25, 0.3) is 0 Å². The third-order valence-electron chi connectivity index (χ3n) is 7.70. The Morgan fingerprint density at radius 1 is 1.09 bits per heavy atom. The van der Waals surface area contributed by atoms with Crippen molar-refractivity contribution < 1.29 is 14.7 Å². The minimum Gasteiger partial charge on any atom is -0.393 e. The number of hydrogen-bond donors (Lipinski definition) is 1. The molecular weight excluding hydrogens is 276 g/mol. The lowest BCUT2D eigenvalue weighted by molar-refractivity contribution is -0.144. The van der Waals surface area contributed by atoms with E-state index >= 15 is 0 Å². The predicted molar refractivity (Wildman–Crippen MR) is 83.1 cm³/mol. The number of carbonyl (C=O) groups excluding carboxylic acids is 2. The van der Waals surface area contributed by atoms with Gasteiger partial charge in [0, 0.05) is 12.3 Å². The molecule has 0 saturated heterocycles. The molecule has 0 aromatic heterocycles. The van der Waals surface area contributed by atoms with Crippen LogP contribution in [0.1, 0.15) is 58.8 Å². The molecule has 3 nitrogen and oxygen atoms in total. The van der Waals surface area contributed by atoms with Gasteiger partial charge in [0.05, 0.1) is 11.5 Å². The van der Waals surface area contributed by atoms with E-state index in [9.17, 15) is 14.7 Å². The monoisotopic (exact) mass is 302 g/mol. The summed E-state index contributed by atoms with van der Waals surface area (Å²) in [4.78, 5) is 25.6. The standard InChI is InChI=1S/C19H26O3/c1-18-9-8-13-17(12(18)6-7-15(18)21)14(20)10-11-4-3-5-16(22)19(11,13)2/h10,12-13,15,17,21H,3-9H2,1-2H3/t12-,13+,15?,17-,18-,19-/m0/s1. The van der Waals surface area contributed by atoms with E-state index in [1.807, 2.05) is 6.08 Å². The molecule has 3 fully saturated rings. The van der Waals surface area contributed by atoms with E-state index in [0.717, 1.165) is 44.1 Å². The first kappa shape index (κ1) is 14.6. The Balaban J connectivity index is 1.80. The van der Waals surface area contributed by atoms with Crippen molar-refractivity contribution in [2.24, 2.45) is 28.6 Å². The summed E-state index contributed by atoms with van der Waals surface area (Å²) in [6, 6.07) is 0. The van der Waals surface area contributed by atoms with Crippen molar-refractivity contribution in [2.45, 2.75) is 64.9 Å². The molecule has 4 rings (SSSR count). The van der Waals surface area contributed by atoms with Crippen molar-refractivity contribution in [3.05, 3.63) is 11.6 Å². The number of carbonyl (C=O) groups is 2. The van der Waals surface area contributed by atoms with Crippen LogP contribution in [0.5, 0.6) is 0 Å². The molecule has 3 saturated carbocycles. The van der Waals surface area contributed by atoms with Gasteiger partial charge in [0.15, 0.2) is 5.78 Å². The Hall–Kier alpha value is -0.960. The molecule has 0 aromatic rings. The molecular formula is C19H26O3. The normalized spacial score (nSPS) is 51.0. The number of ketones is 2. The predicted octanol–water partition coefficient (Wildman–Crippen LogP) is 3.06. The molecule has 3 heteroatoms. The number of aliphatic hydroxyl groups is 1. The molecule has 0 bridgehead atoms. The van der Waals surface area contributed by atoms with Gasteiger partial charge in [0.2, 0.25) is 0 Å². The number of rotatable bonds is 0. The summed E-state index contributed by atoms with van der Waals surface area (Å²) in [6.07, 6.45) is 7.57. The topological polar surface area (TPSA) is 54.4 Å². The van der Waals surface area contributed by atoms with Crippen LogP contribution in [-0.2, 0) is 9.59 Å². The van der Waals surface area contributed by atoms with Crippen LogP contribution in [0, 0.1) is 28.6 Å². The van der Waals surface area contributed by atoms with Gasteiger partial charge in [-0.25, -0.2) is 0 Å².